The van der Waals surface area contributed by atoms with Crippen LogP contribution in [0.25, 0.3) is 0 Å². The van der Waals surface area contributed by atoms with Crippen molar-refractivity contribution in [2.45, 2.75) is 13.8 Å². The van der Waals surface area contributed by atoms with Gasteiger partial charge in [0, 0.05) is 14.2 Å². The largest absolute Gasteiger partial charge is 0.359 e. The van der Waals surface area contributed by atoms with Gasteiger partial charge in [0.25, 0.3) is 0 Å². The molecule has 0 aliphatic rings. The minimum absolute atomic E-state index is 0.389. The molecule has 13 heavy (non-hydrogen) atoms. The van der Waals surface area contributed by atoms with Crippen LogP contribution in [0.4, 0.5) is 0 Å². The summed E-state index contributed by atoms with van der Waals surface area (Å²) in [5, 5.41) is 0. The first-order valence-electron chi connectivity index (χ1n) is 4.22. The zero-order valence-electron chi connectivity index (χ0n) is 8.83. The average molecular weight is 182 g/mol. The van der Waals surface area contributed by atoms with E-state index in [-0.39, 0.29) is 0 Å². The smallest absolute Gasteiger partial charge is 0.145 e. The van der Waals surface area contributed by atoms with Crippen LogP contribution in [0.3, 0.4) is 0 Å². The van der Waals surface area contributed by atoms with E-state index >= 15 is 0 Å². The van der Waals surface area contributed by atoms with Gasteiger partial charge >= 0.3 is 0 Å². The summed E-state index contributed by atoms with van der Waals surface area (Å²) in [6.45, 7) is 4.63. The normalized spacial score (nSPS) is 8.92. The second-order valence-electron chi connectivity index (χ2n) is 2.78. The molecule has 0 saturated heterocycles. The topological polar surface area (TPSA) is 18.5 Å². The van der Waals surface area contributed by atoms with Gasteiger partial charge in [0.15, 0.2) is 0 Å². The van der Waals surface area contributed by atoms with E-state index in [1.807, 2.05) is 0 Å². The van der Waals surface area contributed by atoms with E-state index in [0.717, 1.165) is 0 Å². The Balaban J connectivity index is 0.000000252. The minimum Gasteiger partial charge on any atom is -0.359 e. The van der Waals surface area contributed by atoms with Crippen LogP contribution in [0.1, 0.15) is 11.1 Å². The highest BCUT2D eigenvalue weighted by molar-refractivity contribution is 5.23. The predicted molar refractivity (Wildman–Crippen MR) is 54.8 cm³/mol. The highest BCUT2D eigenvalue weighted by atomic mass is 16.6. The molecule has 0 aliphatic carbocycles. The van der Waals surface area contributed by atoms with Gasteiger partial charge < -0.3 is 9.47 Å². The summed E-state index contributed by atoms with van der Waals surface area (Å²) in [5.74, 6) is 0. The monoisotopic (exact) mass is 182 g/mol. The first kappa shape index (κ1) is 12.1. The molecule has 74 valence electrons. The average Bonchev–Trinajstić information content (AvgIpc) is 2.13. The number of ether oxygens (including phenoxy) is 2. The predicted octanol–water partition coefficient (Wildman–Crippen LogP) is 2.54. The Morgan fingerprint density at radius 3 is 1.46 bits per heavy atom. The molecule has 2 nitrogen and oxygen atoms in total. The third kappa shape index (κ3) is 6.31. The molecule has 0 aliphatic heterocycles. The highest BCUT2D eigenvalue weighted by Gasteiger charge is 1.83. The number of hydrogen-bond acceptors (Lipinski definition) is 2. The SMILES string of the molecule is COCOC.Cc1ccccc1C. The Bertz CT molecular complexity index is 198. The Kier molecular flexibility index (Phi) is 7.26. The second kappa shape index (κ2) is 7.77. The van der Waals surface area contributed by atoms with Crippen molar-refractivity contribution in [2.75, 3.05) is 21.0 Å². The van der Waals surface area contributed by atoms with Gasteiger partial charge in [0.05, 0.1) is 0 Å². The molecule has 2 heteroatoms. The molecule has 1 rings (SSSR count). The lowest BCUT2D eigenvalue weighted by Crippen LogP contribution is -1.87. The number of benzene rings is 1. The first-order chi connectivity index (χ1) is 6.22. The summed E-state index contributed by atoms with van der Waals surface area (Å²) in [6, 6.07) is 8.36. The van der Waals surface area contributed by atoms with Crippen LogP contribution in [0.15, 0.2) is 24.3 Å². The molecular formula is C11H18O2. The zero-order chi connectivity index (χ0) is 10.1. The van der Waals surface area contributed by atoms with E-state index in [2.05, 4.69) is 47.6 Å². The van der Waals surface area contributed by atoms with Gasteiger partial charge in [0.1, 0.15) is 6.79 Å². The third-order valence-corrected chi connectivity index (χ3v) is 1.66. The summed E-state index contributed by atoms with van der Waals surface area (Å²) in [5.41, 5.74) is 2.74. The summed E-state index contributed by atoms with van der Waals surface area (Å²) < 4.78 is 8.94. The molecule has 0 fully saturated rings. The molecule has 0 radical (unpaired) electrons. The second-order valence-corrected chi connectivity index (χ2v) is 2.78. The first-order valence-corrected chi connectivity index (χ1v) is 4.22. The molecule has 0 saturated carbocycles. The Morgan fingerprint density at radius 1 is 0.923 bits per heavy atom. The molecule has 0 unspecified atom stereocenters. The Hall–Kier alpha value is -0.860. The van der Waals surface area contributed by atoms with E-state index in [1.54, 1.807) is 14.2 Å². The van der Waals surface area contributed by atoms with Crippen LogP contribution >= 0.6 is 0 Å². The van der Waals surface area contributed by atoms with Gasteiger partial charge in [-0.25, -0.2) is 0 Å². The molecular weight excluding hydrogens is 164 g/mol. The molecule has 0 amide bonds. The highest BCUT2D eigenvalue weighted by Crippen LogP contribution is 2.02. The number of hydrogen-bond donors (Lipinski definition) is 0. The van der Waals surface area contributed by atoms with E-state index in [0.29, 0.717) is 6.79 Å². The lowest BCUT2D eigenvalue weighted by atomic mass is 10.1. The maximum atomic E-state index is 4.47. The van der Waals surface area contributed by atoms with Crippen molar-refractivity contribution in [3.8, 4) is 0 Å². The Morgan fingerprint density at radius 2 is 1.31 bits per heavy atom. The van der Waals surface area contributed by atoms with E-state index < -0.39 is 0 Å². The van der Waals surface area contributed by atoms with E-state index in [9.17, 15) is 0 Å². The molecule has 0 N–H and O–H groups in total. The molecule has 1 aromatic rings. The van der Waals surface area contributed by atoms with Crippen LogP contribution < -0.4 is 0 Å². The van der Waals surface area contributed by atoms with Crippen molar-refractivity contribution >= 4 is 0 Å². The summed E-state index contributed by atoms with van der Waals surface area (Å²) in [7, 11) is 3.17. The molecule has 0 spiro atoms. The maximum Gasteiger partial charge on any atom is 0.145 e. The number of rotatable bonds is 2. The lowest BCUT2D eigenvalue weighted by Gasteiger charge is -1.93. The molecule has 0 heterocycles. The van der Waals surface area contributed by atoms with Crippen molar-refractivity contribution in [1.29, 1.82) is 0 Å². The van der Waals surface area contributed by atoms with Crippen molar-refractivity contribution in [1.82, 2.24) is 0 Å². The third-order valence-electron chi connectivity index (χ3n) is 1.66. The summed E-state index contributed by atoms with van der Waals surface area (Å²) >= 11 is 0. The van der Waals surface area contributed by atoms with Gasteiger partial charge in [-0.15, -0.1) is 0 Å². The van der Waals surface area contributed by atoms with Gasteiger partial charge in [0.2, 0.25) is 0 Å². The van der Waals surface area contributed by atoms with Crippen molar-refractivity contribution in [3.05, 3.63) is 35.4 Å². The lowest BCUT2D eigenvalue weighted by molar-refractivity contribution is -0.00271. The zero-order valence-corrected chi connectivity index (χ0v) is 8.83. The summed E-state index contributed by atoms with van der Waals surface area (Å²) in [6.07, 6.45) is 0. The van der Waals surface area contributed by atoms with E-state index in [1.165, 1.54) is 11.1 Å². The van der Waals surface area contributed by atoms with Crippen LogP contribution in [0, 0.1) is 13.8 Å². The fourth-order valence-electron chi connectivity index (χ4n) is 0.781. The van der Waals surface area contributed by atoms with E-state index in [4.69, 9.17) is 0 Å². The maximum absolute atomic E-state index is 4.47. The minimum atomic E-state index is 0.389. The van der Waals surface area contributed by atoms with Gasteiger partial charge in [-0.3, -0.25) is 0 Å². The molecule has 1 aromatic carbocycles. The van der Waals surface area contributed by atoms with Crippen LogP contribution in [0.2, 0.25) is 0 Å². The number of methoxy groups -OCH3 is 2. The standard InChI is InChI=1S/C8H10.C3H8O2/c1-7-5-3-4-6-8(7)2;1-4-3-5-2/h3-6H,1-2H3;3H2,1-2H3. The fourth-order valence-corrected chi connectivity index (χ4v) is 0.781. The quantitative estimate of drug-likeness (QED) is 0.654. The molecule has 0 bridgehead atoms. The van der Waals surface area contributed by atoms with Crippen molar-refractivity contribution in [3.63, 3.8) is 0 Å². The van der Waals surface area contributed by atoms with Gasteiger partial charge in [-0.1, -0.05) is 24.3 Å². The molecule has 0 atom stereocenters. The number of aryl methyl sites for hydroxylation is 2. The summed E-state index contributed by atoms with van der Waals surface area (Å²) in [4.78, 5) is 0. The van der Waals surface area contributed by atoms with Crippen LogP contribution in [-0.4, -0.2) is 21.0 Å². The van der Waals surface area contributed by atoms with Crippen LogP contribution in [-0.2, 0) is 9.47 Å². The fraction of sp³-hybridized carbons (Fsp3) is 0.455. The van der Waals surface area contributed by atoms with Crippen LogP contribution in [0.5, 0.6) is 0 Å². The van der Waals surface area contributed by atoms with Crippen molar-refractivity contribution in [2.24, 2.45) is 0 Å². The van der Waals surface area contributed by atoms with Crippen molar-refractivity contribution < 1.29 is 9.47 Å². The Labute approximate surface area is 80.5 Å². The van der Waals surface area contributed by atoms with Gasteiger partial charge in [-0.2, -0.15) is 0 Å². The molecule has 0 aromatic heterocycles. The van der Waals surface area contributed by atoms with Gasteiger partial charge in [-0.05, 0) is 25.0 Å².